The fraction of sp³-hybridized carbons (Fsp3) is 0.160. The highest BCUT2D eigenvalue weighted by atomic mass is 16.3. The van der Waals surface area contributed by atoms with Crippen molar-refractivity contribution in [2.75, 3.05) is 18.0 Å². The molecule has 5 nitrogen and oxygen atoms in total. The minimum atomic E-state index is -0.208. The first kappa shape index (κ1) is 21.0. The van der Waals surface area contributed by atoms with Crippen LogP contribution in [0.1, 0.15) is 35.3 Å². The van der Waals surface area contributed by atoms with Crippen molar-refractivity contribution in [1.29, 1.82) is 0 Å². The third-order valence-corrected chi connectivity index (χ3v) is 4.80. The Kier molecular flexibility index (Phi) is 7.11. The van der Waals surface area contributed by atoms with Crippen LogP contribution in [0.3, 0.4) is 0 Å². The largest absolute Gasteiger partial charge is 0.507 e. The Balaban J connectivity index is 1.91. The maximum Gasteiger partial charge on any atom is 0.213 e. The van der Waals surface area contributed by atoms with Crippen LogP contribution in [0.2, 0.25) is 0 Å². The van der Waals surface area contributed by atoms with Crippen molar-refractivity contribution >= 4 is 23.4 Å². The predicted octanol–water partition coefficient (Wildman–Crippen LogP) is 4.94. The third-order valence-electron chi connectivity index (χ3n) is 4.80. The maximum absolute atomic E-state index is 13.0. The number of hydrogen-bond acceptors (Lipinski definition) is 5. The zero-order valence-electron chi connectivity index (χ0n) is 17.2. The van der Waals surface area contributed by atoms with E-state index < -0.39 is 0 Å². The van der Waals surface area contributed by atoms with Gasteiger partial charge >= 0.3 is 0 Å². The molecular formula is C25H25N3O2. The fourth-order valence-corrected chi connectivity index (χ4v) is 3.13. The molecule has 1 N–H and O–H groups in total. The van der Waals surface area contributed by atoms with E-state index in [2.05, 4.69) is 29.0 Å². The van der Waals surface area contributed by atoms with Gasteiger partial charge in [-0.1, -0.05) is 60.7 Å². The van der Waals surface area contributed by atoms with Crippen LogP contribution in [0.15, 0.2) is 89.1 Å². The molecule has 0 fully saturated rings. The van der Waals surface area contributed by atoms with Gasteiger partial charge in [-0.2, -0.15) is 5.10 Å². The summed E-state index contributed by atoms with van der Waals surface area (Å²) in [4.78, 5) is 15.1. The zero-order chi connectivity index (χ0) is 21.3. The van der Waals surface area contributed by atoms with Crippen LogP contribution in [0.5, 0.6) is 5.75 Å². The summed E-state index contributed by atoms with van der Waals surface area (Å²) in [6, 6.07) is 23.7. The number of Topliss-reactive ketones (excluding diaryl/α,β-unsaturated/α-hetero) is 1. The molecule has 0 bridgehead atoms. The monoisotopic (exact) mass is 399 g/mol. The quantitative estimate of drug-likeness (QED) is 0.331. The van der Waals surface area contributed by atoms with Gasteiger partial charge in [0.2, 0.25) is 5.78 Å². The number of carbonyl (C=O) groups is 1. The Morgan fingerprint density at radius 3 is 2.07 bits per heavy atom. The number of benzene rings is 3. The molecule has 0 aromatic heterocycles. The van der Waals surface area contributed by atoms with Crippen molar-refractivity contribution in [3.8, 4) is 5.75 Å². The second kappa shape index (κ2) is 10.2. The molecular weight excluding hydrogens is 374 g/mol. The van der Waals surface area contributed by atoms with E-state index in [9.17, 15) is 9.90 Å². The summed E-state index contributed by atoms with van der Waals surface area (Å²) < 4.78 is 0. The van der Waals surface area contributed by atoms with Gasteiger partial charge in [-0.05, 0) is 26.0 Å². The standard InChI is InChI=1S/C25H25N3O2/c1-3-28(4-2)22-16-15-21(23(29)17-22)18-26-27-24(19-11-7-5-8-12-19)25(30)20-13-9-6-10-14-20/h5-18,29H,3-4H2,1-2H3/b26-18+,27-24+. The Bertz CT molecular complexity index is 1040. The Labute approximate surface area is 177 Å². The number of carbonyl (C=O) groups excluding carboxylic acids is 1. The highest BCUT2D eigenvalue weighted by molar-refractivity contribution is 6.51. The topological polar surface area (TPSA) is 65.3 Å². The molecule has 0 amide bonds. The van der Waals surface area contributed by atoms with Crippen molar-refractivity contribution in [3.05, 3.63) is 95.6 Å². The molecule has 0 heterocycles. The van der Waals surface area contributed by atoms with Crippen molar-refractivity contribution < 1.29 is 9.90 Å². The Morgan fingerprint density at radius 1 is 0.900 bits per heavy atom. The second-order valence-electron chi connectivity index (χ2n) is 6.67. The molecule has 152 valence electrons. The van der Waals surface area contributed by atoms with Gasteiger partial charge in [0.15, 0.2) is 0 Å². The summed E-state index contributed by atoms with van der Waals surface area (Å²) in [6.07, 6.45) is 1.46. The molecule has 3 aromatic rings. The minimum Gasteiger partial charge on any atom is -0.507 e. The summed E-state index contributed by atoms with van der Waals surface area (Å²) in [7, 11) is 0. The van der Waals surface area contributed by atoms with Gasteiger partial charge in [0, 0.05) is 41.5 Å². The first-order valence-electron chi connectivity index (χ1n) is 9.98. The first-order valence-corrected chi connectivity index (χ1v) is 9.98. The summed E-state index contributed by atoms with van der Waals surface area (Å²) in [5.41, 5.74) is 2.96. The molecule has 0 aliphatic heterocycles. The van der Waals surface area contributed by atoms with Crippen LogP contribution in [0, 0.1) is 0 Å². The molecule has 0 saturated heterocycles. The van der Waals surface area contributed by atoms with Crippen molar-refractivity contribution in [3.63, 3.8) is 0 Å². The van der Waals surface area contributed by atoms with Crippen molar-refractivity contribution in [2.45, 2.75) is 13.8 Å². The van der Waals surface area contributed by atoms with E-state index in [1.807, 2.05) is 54.6 Å². The predicted molar refractivity (Wildman–Crippen MR) is 123 cm³/mol. The number of ketones is 1. The second-order valence-corrected chi connectivity index (χ2v) is 6.67. The molecule has 0 radical (unpaired) electrons. The highest BCUT2D eigenvalue weighted by Crippen LogP contribution is 2.23. The van der Waals surface area contributed by atoms with E-state index in [-0.39, 0.29) is 17.2 Å². The van der Waals surface area contributed by atoms with Gasteiger partial charge in [0.1, 0.15) is 11.5 Å². The van der Waals surface area contributed by atoms with E-state index >= 15 is 0 Å². The molecule has 0 spiro atoms. The van der Waals surface area contributed by atoms with E-state index in [0.717, 1.165) is 18.8 Å². The van der Waals surface area contributed by atoms with Crippen LogP contribution in [0.25, 0.3) is 0 Å². The minimum absolute atomic E-state index is 0.119. The van der Waals surface area contributed by atoms with Crippen molar-refractivity contribution in [2.24, 2.45) is 10.2 Å². The molecule has 0 unspecified atom stereocenters. The van der Waals surface area contributed by atoms with E-state index in [4.69, 9.17) is 0 Å². The lowest BCUT2D eigenvalue weighted by Crippen LogP contribution is -2.21. The first-order chi connectivity index (χ1) is 14.6. The molecule has 5 heteroatoms. The fourth-order valence-electron chi connectivity index (χ4n) is 3.13. The number of phenols is 1. The molecule has 30 heavy (non-hydrogen) atoms. The Morgan fingerprint density at radius 2 is 1.50 bits per heavy atom. The van der Waals surface area contributed by atoms with Crippen LogP contribution in [-0.4, -0.2) is 35.9 Å². The third kappa shape index (κ3) is 5.00. The number of aromatic hydroxyl groups is 1. The summed E-state index contributed by atoms with van der Waals surface area (Å²) in [5.74, 6) is -0.0888. The van der Waals surface area contributed by atoms with Crippen LogP contribution in [-0.2, 0) is 0 Å². The lowest BCUT2D eigenvalue weighted by molar-refractivity contribution is 0.106. The van der Waals surface area contributed by atoms with E-state index in [1.165, 1.54) is 6.21 Å². The number of anilines is 1. The summed E-state index contributed by atoms with van der Waals surface area (Å²) >= 11 is 0. The smallest absolute Gasteiger partial charge is 0.213 e. The van der Waals surface area contributed by atoms with Gasteiger partial charge in [-0.3, -0.25) is 4.79 Å². The average Bonchev–Trinajstić information content (AvgIpc) is 2.79. The maximum atomic E-state index is 13.0. The molecule has 0 aliphatic carbocycles. The highest BCUT2D eigenvalue weighted by Gasteiger charge is 2.16. The number of nitrogens with zero attached hydrogens (tertiary/aromatic N) is 3. The number of phenolic OH excluding ortho intramolecular Hbond substituents is 1. The normalized spacial score (nSPS) is 11.6. The Hall–Kier alpha value is -3.73. The van der Waals surface area contributed by atoms with Crippen molar-refractivity contribution in [1.82, 2.24) is 0 Å². The van der Waals surface area contributed by atoms with Gasteiger partial charge in [-0.25, -0.2) is 0 Å². The molecule has 0 saturated carbocycles. The van der Waals surface area contributed by atoms with E-state index in [0.29, 0.717) is 16.7 Å². The summed E-state index contributed by atoms with van der Waals surface area (Å²) in [5, 5.41) is 18.7. The van der Waals surface area contributed by atoms with Crippen LogP contribution >= 0.6 is 0 Å². The molecule has 0 atom stereocenters. The molecule has 3 aromatic carbocycles. The zero-order valence-corrected chi connectivity index (χ0v) is 17.2. The molecule has 0 aliphatic rings. The van der Waals surface area contributed by atoms with Gasteiger partial charge in [-0.15, -0.1) is 5.10 Å². The average molecular weight is 399 g/mol. The summed E-state index contributed by atoms with van der Waals surface area (Å²) in [6.45, 7) is 5.85. The van der Waals surface area contributed by atoms with Gasteiger partial charge in [0.05, 0.1) is 6.21 Å². The lowest BCUT2D eigenvalue weighted by Gasteiger charge is -2.21. The lowest BCUT2D eigenvalue weighted by atomic mass is 10.0. The SMILES string of the molecule is CCN(CC)c1ccc(/C=N/N=C(/C(=O)c2ccccc2)c2ccccc2)c(O)c1. The van der Waals surface area contributed by atoms with Crippen LogP contribution in [0.4, 0.5) is 5.69 Å². The van der Waals surface area contributed by atoms with E-state index in [1.54, 1.807) is 24.3 Å². The van der Waals surface area contributed by atoms with Gasteiger partial charge < -0.3 is 10.0 Å². The number of hydrogen-bond donors (Lipinski definition) is 1. The molecule has 3 rings (SSSR count). The van der Waals surface area contributed by atoms with Gasteiger partial charge in [0.25, 0.3) is 0 Å². The number of rotatable bonds is 8. The van der Waals surface area contributed by atoms with Crippen LogP contribution < -0.4 is 4.90 Å².